The van der Waals surface area contributed by atoms with E-state index in [1.54, 1.807) is 6.07 Å². The minimum absolute atomic E-state index is 0.0990. The van der Waals surface area contributed by atoms with Gasteiger partial charge >= 0.3 is 5.97 Å². The molecule has 1 aliphatic carbocycles. The normalized spacial score (nSPS) is 21.1. The summed E-state index contributed by atoms with van der Waals surface area (Å²) in [6.45, 7) is 3.20. The number of carbonyl (C=O) groups excluding carboxylic acids is 1. The highest BCUT2D eigenvalue weighted by Crippen LogP contribution is 2.34. The second-order valence-electron chi connectivity index (χ2n) is 7.92. The molecule has 0 radical (unpaired) electrons. The van der Waals surface area contributed by atoms with Gasteiger partial charge in [-0.25, -0.2) is 14.2 Å². The Morgan fingerprint density at radius 2 is 2.03 bits per heavy atom. The molecule has 0 aromatic heterocycles. The number of halogens is 1. The summed E-state index contributed by atoms with van der Waals surface area (Å²) in [5, 5.41) is 16.2. The number of aliphatic imine (C=N–C) groups is 1. The van der Waals surface area contributed by atoms with Gasteiger partial charge in [-0.15, -0.1) is 0 Å². The SMILES string of the molecule is N#CC(C(=O)OCC1CCCCC1)=C1Nc2ccc(F)cc2N=C1N1CCNCC1. The van der Waals surface area contributed by atoms with Crippen LogP contribution in [-0.4, -0.2) is 49.5 Å². The number of fused-ring (bicyclic) bond motifs is 1. The predicted molar refractivity (Wildman–Crippen MR) is 112 cm³/mol. The van der Waals surface area contributed by atoms with E-state index >= 15 is 0 Å². The summed E-state index contributed by atoms with van der Waals surface area (Å²) in [6, 6.07) is 6.24. The summed E-state index contributed by atoms with van der Waals surface area (Å²) < 4.78 is 19.3. The lowest BCUT2D eigenvalue weighted by Gasteiger charge is -2.34. The molecule has 7 nitrogen and oxygen atoms in total. The number of hydrogen-bond acceptors (Lipinski definition) is 7. The molecule has 2 fully saturated rings. The van der Waals surface area contributed by atoms with Gasteiger partial charge in [-0.05, 0) is 30.9 Å². The van der Waals surface area contributed by atoms with Crippen molar-refractivity contribution in [3.8, 4) is 6.07 Å². The summed E-state index contributed by atoms with van der Waals surface area (Å²) in [6.07, 6.45) is 5.64. The van der Waals surface area contributed by atoms with Gasteiger partial charge in [-0.2, -0.15) is 5.26 Å². The molecule has 1 aromatic rings. The molecule has 1 aromatic carbocycles. The van der Waals surface area contributed by atoms with E-state index in [9.17, 15) is 14.4 Å². The Kier molecular flexibility index (Phi) is 6.29. The van der Waals surface area contributed by atoms with Gasteiger partial charge in [0.2, 0.25) is 0 Å². The molecule has 1 saturated carbocycles. The summed E-state index contributed by atoms with van der Waals surface area (Å²) in [5.41, 5.74) is 1.23. The number of piperazine rings is 1. The number of rotatable bonds is 3. The van der Waals surface area contributed by atoms with Crippen molar-refractivity contribution in [1.29, 1.82) is 5.26 Å². The third-order valence-electron chi connectivity index (χ3n) is 5.83. The number of amidine groups is 1. The number of hydrogen-bond donors (Lipinski definition) is 2. The first-order chi connectivity index (χ1) is 14.7. The van der Waals surface area contributed by atoms with Crippen LogP contribution in [-0.2, 0) is 9.53 Å². The summed E-state index contributed by atoms with van der Waals surface area (Å²) >= 11 is 0. The third kappa shape index (κ3) is 4.46. The highest BCUT2D eigenvalue weighted by molar-refractivity contribution is 6.12. The minimum Gasteiger partial charge on any atom is -0.461 e. The zero-order valence-corrected chi connectivity index (χ0v) is 16.9. The van der Waals surface area contributed by atoms with Crippen LogP contribution in [0.3, 0.4) is 0 Å². The molecule has 4 rings (SSSR count). The standard InChI is InChI=1S/C22H26FN5O2/c23-16-6-7-18-19(12-16)27-21(28-10-8-25-9-11-28)20(26-18)17(13-24)22(29)30-14-15-4-2-1-3-5-15/h6-7,12,15,25-26H,1-5,8-11,14H2. The molecular formula is C22H26FN5O2. The summed E-state index contributed by atoms with van der Waals surface area (Å²) in [5.74, 6) is -0.199. The van der Waals surface area contributed by atoms with Gasteiger partial charge < -0.3 is 20.3 Å². The molecule has 158 valence electrons. The maximum atomic E-state index is 13.7. The third-order valence-corrected chi connectivity index (χ3v) is 5.83. The molecular weight excluding hydrogens is 385 g/mol. The molecule has 0 bridgehead atoms. The zero-order chi connectivity index (χ0) is 20.9. The number of benzene rings is 1. The molecule has 0 amide bonds. The van der Waals surface area contributed by atoms with Gasteiger partial charge in [0, 0.05) is 32.2 Å². The second-order valence-corrected chi connectivity index (χ2v) is 7.92. The van der Waals surface area contributed by atoms with Crippen molar-refractivity contribution in [1.82, 2.24) is 10.2 Å². The van der Waals surface area contributed by atoms with E-state index in [0.29, 0.717) is 48.5 Å². The van der Waals surface area contributed by atoms with Crippen molar-refractivity contribution < 1.29 is 13.9 Å². The van der Waals surface area contributed by atoms with Crippen molar-refractivity contribution in [3.63, 3.8) is 0 Å². The van der Waals surface area contributed by atoms with E-state index in [0.717, 1.165) is 38.8 Å². The van der Waals surface area contributed by atoms with Crippen LogP contribution < -0.4 is 10.6 Å². The fraction of sp³-hybridized carbons (Fsp3) is 0.500. The molecule has 2 heterocycles. The van der Waals surface area contributed by atoms with Crippen LogP contribution in [0.15, 0.2) is 34.5 Å². The van der Waals surface area contributed by atoms with Crippen molar-refractivity contribution in [2.75, 3.05) is 38.1 Å². The maximum Gasteiger partial charge on any atom is 0.351 e. The fourth-order valence-corrected chi connectivity index (χ4v) is 4.17. The smallest absolute Gasteiger partial charge is 0.351 e. The van der Waals surface area contributed by atoms with Crippen LogP contribution in [0.5, 0.6) is 0 Å². The number of nitriles is 1. The van der Waals surface area contributed by atoms with Gasteiger partial charge in [0.15, 0.2) is 11.4 Å². The first kappa shape index (κ1) is 20.4. The zero-order valence-electron chi connectivity index (χ0n) is 16.9. The van der Waals surface area contributed by atoms with E-state index < -0.39 is 11.8 Å². The highest BCUT2D eigenvalue weighted by atomic mass is 19.1. The highest BCUT2D eigenvalue weighted by Gasteiger charge is 2.30. The quantitative estimate of drug-likeness (QED) is 0.451. The first-order valence-corrected chi connectivity index (χ1v) is 10.6. The Labute approximate surface area is 175 Å². The van der Waals surface area contributed by atoms with Crippen molar-refractivity contribution in [2.24, 2.45) is 10.9 Å². The van der Waals surface area contributed by atoms with Gasteiger partial charge in [-0.1, -0.05) is 19.3 Å². The first-order valence-electron chi connectivity index (χ1n) is 10.6. The van der Waals surface area contributed by atoms with Gasteiger partial charge in [0.25, 0.3) is 0 Å². The van der Waals surface area contributed by atoms with Crippen molar-refractivity contribution in [2.45, 2.75) is 32.1 Å². The van der Waals surface area contributed by atoms with Gasteiger partial charge in [0.05, 0.1) is 18.0 Å². The Balaban J connectivity index is 1.63. The minimum atomic E-state index is -0.640. The monoisotopic (exact) mass is 411 g/mol. The Hall–Kier alpha value is -2.92. The van der Waals surface area contributed by atoms with Crippen LogP contribution in [0.4, 0.5) is 15.8 Å². The van der Waals surface area contributed by atoms with Crippen molar-refractivity contribution in [3.05, 3.63) is 35.3 Å². The number of nitrogens with zero attached hydrogens (tertiary/aromatic N) is 3. The molecule has 0 spiro atoms. The largest absolute Gasteiger partial charge is 0.461 e. The second kappa shape index (κ2) is 9.26. The molecule has 30 heavy (non-hydrogen) atoms. The van der Waals surface area contributed by atoms with E-state index in [2.05, 4.69) is 15.6 Å². The Morgan fingerprint density at radius 3 is 2.77 bits per heavy atom. The van der Waals surface area contributed by atoms with Crippen LogP contribution in [0.2, 0.25) is 0 Å². The molecule has 3 aliphatic rings. The van der Waals surface area contributed by atoms with Crippen LogP contribution in [0, 0.1) is 23.1 Å². The molecule has 0 atom stereocenters. The number of carbonyl (C=O) groups is 1. The molecule has 2 aliphatic heterocycles. The molecule has 1 saturated heterocycles. The summed E-state index contributed by atoms with van der Waals surface area (Å²) in [7, 11) is 0. The average Bonchev–Trinajstić information content (AvgIpc) is 2.79. The van der Waals surface area contributed by atoms with Gasteiger partial charge in [0.1, 0.15) is 17.6 Å². The van der Waals surface area contributed by atoms with E-state index in [-0.39, 0.29) is 5.57 Å². The van der Waals surface area contributed by atoms with E-state index in [4.69, 9.17) is 4.74 Å². The van der Waals surface area contributed by atoms with E-state index in [1.807, 2.05) is 11.0 Å². The topological polar surface area (TPSA) is 89.8 Å². The lowest BCUT2D eigenvalue weighted by atomic mass is 9.90. The summed E-state index contributed by atoms with van der Waals surface area (Å²) in [4.78, 5) is 19.4. The van der Waals surface area contributed by atoms with Crippen LogP contribution in [0.25, 0.3) is 0 Å². The molecule has 2 N–H and O–H groups in total. The molecule has 8 heteroatoms. The Morgan fingerprint density at radius 1 is 1.27 bits per heavy atom. The fourth-order valence-electron chi connectivity index (χ4n) is 4.17. The number of ether oxygens (including phenoxy) is 1. The predicted octanol–water partition coefficient (Wildman–Crippen LogP) is 3.09. The maximum absolute atomic E-state index is 13.7. The van der Waals surface area contributed by atoms with Crippen molar-refractivity contribution >= 4 is 23.2 Å². The van der Waals surface area contributed by atoms with Crippen LogP contribution >= 0.6 is 0 Å². The lowest BCUT2D eigenvalue weighted by Crippen LogP contribution is -2.48. The molecule has 0 unspecified atom stereocenters. The average molecular weight is 411 g/mol. The van der Waals surface area contributed by atoms with Crippen LogP contribution in [0.1, 0.15) is 32.1 Å². The number of esters is 1. The lowest BCUT2D eigenvalue weighted by molar-refractivity contribution is -0.140. The van der Waals surface area contributed by atoms with E-state index in [1.165, 1.54) is 18.6 Å². The van der Waals surface area contributed by atoms with Gasteiger partial charge in [-0.3, -0.25) is 0 Å². The number of anilines is 1. The number of nitrogens with one attached hydrogen (secondary N) is 2. The Bertz CT molecular complexity index is 909.